The van der Waals surface area contributed by atoms with Crippen molar-refractivity contribution in [2.24, 2.45) is 11.8 Å². The van der Waals surface area contributed by atoms with Crippen LogP contribution in [0.25, 0.3) is 0 Å². The second-order valence-electron chi connectivity index (χ2n) is 3.94. The van der Waals surface area contributed by atoms with E-state index in [1.165, 1.54) is 11.8 Å². The van der Waals surface area contributed by atoms with Crippen molar-refractivity contribution in [3.8, 4) is 0 Å². The number of alkyl halides is 3. The van der Waals surface area contributed by atoms with Gasteiger partial charge in [0.1, 0.15) is 5.78 Å². The summed E-state index contributed by atoms with van der Waals surface area (Å²) in [5.74, 6) is -2.21. The van der Waals surface area contributed by atoms with Gasteiger partial charge >= 0.3 is 6.18 Å². The number of hydrogen-bond acceptors (Lipinski definition) is 2. The van der Waals surface area contributed by atoms with Crippen molar-refractivity contribution in [1.29, 1.82) is 0 Å². The van der Waals surface area contributed by atoms with Gasteiger partial charge in [-0.1, -0.05) is 12.8 Å². The van der Waals surface area contributed by atoms with Crippen molar-refractivity contribution in [1.82, 2.24) is 0 Å². The van der Waals surface area contributed by atoms with Crippen molar-refractivity contribution in [3.63, 3.8) is 0 Å². The lowest BCUT2D eigenvalue weighted by molar-refractivity contribution is -0.197. The molecule has 1 aliphatic rings. The van der Waals surface area contributed by atoms with E-state index in [1.54, 1.807) is 6.26 Å². The van der Waals surface area contributed by atoms with Crippen molar-refractivity contribution in [2.75, 3.05) is 12.0 Å². The van der Waals surface area contributed by atoms with Gasteiger partial charge in [-0.05, 0) is 19.1 Å². The third-order valence-corrected chi connectivity index (χ3v) is 3.46. The zero-order valence-electron chi connectivity index (χ0n) is 8.64. The maximum Gasteiger partial charge on any atom is 0.392 e. The zero-order valence-corrected chi connectivity index (χ0v) is 9.46. The average Bonchev–Trinajstić information content (AvgIpc) is 2.17. The predicted octanol–water partition coefficient (Wildman–Crippen LogP) is 3.29. The van der Waals surface area contributed by atoms with Gasteiger partial charge in [-0.2, -0.15) is 24.9 Å². The van der Waals surface area contributed by atoms with Crippen LogP contribution in [-0.4, -0.2) is 24.0 Å². The quantitative estimate of drug-likeness (QED) is 0.753. The van der Waals surface area contributed by atoms with Gasteiger partial charge in [0, 0.05) is 5.92 Å². The summed E-state index contributed by atoms with van der Waals surface area (Å²) in [5, 5.41) is 0. The largest absolute Gasteiger partial charge is 0.392 e. The molecule has 2 unspecified atom stereocenters. The number of carbonyl (C=O) groups is 1. The Morgan fingerprint density at radius 1 is 1.33 bits per heavy atom. The lowest BCUT2D eigenvalue weighted by Crippen LogP contribution is -2.37. The fourth-order valence-electron chi connectivity index (χ4n) is 2.16. The molecule has 1 rings (SSSR count). The van der Waals surface area contributed by atoms with Crippen LogP contribution in [0.2, 0.25) is 0 Å². The van der Waals surface area contributed by atoms with Crippen LogP contribution < -0.4 is 0 Å². The molecule has 0 bridgehead atoms. The number of halogens is 3. The van der Waals surface area contributed by atoms with E-state index in [1.807, 2.05) is 0 Å². The predicted molar refractivity (Wildman–Crippen MR) is 54.9 cm³/mol. The molecule has 0 amide bonds. The summed E-state index contributed by atoms with van der Waals surface area (Å²) in [6.07, 6.45) is -0.606. The van der Waals surface area contributed by atoms with Crippen LogP contribution in [0.15, 0.2) is 0 Å². The topological polar surface area (TPSA) is 17.1 Å². The van der Waals surface area contributed by atoms with Gasteiger partial charge in [-0.25, -0.2) is 0 Å². The second kappa shape index (κ2) is 5.23. The maximum atomic E-state index is 12.6. The first-order valence-corrected chi connectivity index (χ1v) is 6.44. The highest BCUT2D eigenvalue weighted by Gasteiger charge is 2.47. The van der Waals surface area contributed by atoms with Crippen molar-refractivity contribution >= 4 is 17.5 Å². The summed E-state index contributed by atoms with van der Waals surface area (Å²) < 4.78 is 37.9. The van der Waals surface area contributed by atoms with Gasteiger partial charge in [0.25, 0.3) is 0 Å². The van der Waals surface area contributed by atoms with Crippen LogP contribution in [0.1, 0.15) is 25.7 Å². The van der Waals surface area contributed by atoms with E-state index in [4.69, 9.17) is 0 Å². The van der Waals surface area contributed by atoms with Crippen molar-refractivity contribution in [2.45, 2.75) is 31.9 Å². The zero-order chi connectivity index (χ0) is 11.5. The Balaban J connectivity index is 2.70. The number of carbonyl (C=O) groups excluding carboxylic acids is 1. The van der Waals surface area contributed by atoms with Gasteiger partial charge in [-0.15, -0.1) is 0 Å². The molecule has 0 heterocycles. The molecule has 1 aliphatic carbocycles. The molecule has 0 aromatic heterocycles. The summed E-state index contributed by atoms with van der Waals surface area (Å²) >= 11 is 1.30. The van der Waals surface area contributed by atoms with Gasteiger partial charge in [0.05, 0.1) is 11.7 Å². The molecule has 0 aromatic rings. The van der Waals surface area contributed by atoms with E-state index >= 15 is 0 Å². The summed E-state index contributed by atoms with van der Waals surface area (Å²) in [6, 6.07) is 0. The summed E-state index contributed by atoms with van der Waals surface area (Å²) in [5.41, 5.74) is 0. The van der Waals surface area contributed by atoms with E-state index in [0.29, 0.717) is 12.8 Å². The first kappa shape index (κ1) is 12.9. The van der Waals surface area contributed by atoms with E-state index in [2.05, 4.69) is 0 Å². The SMILES string of the molecule is CSCC(=O)C1CCCCC1C(F)(F)F. The molecule has 0 spiro atoms. The molecular formula is C10H15F3OS. The van der Waals surface area contributed by atoms with Crippen LogP contribution in [0, 0.1) is 11.8 Å². The molecule has 0 saturated heterocycles. The van der Waals surface area contributed by atoms with E-state index in [0.717, 1.165) is 6.42 Å². The molecule has 0 aliphatic heterocycles. The number of thioether (sulfide) groups is 1. The molecule has 88 valence electrons. The number of ketones is 1. The fourth-order valence-corrected chi connectivity index (χ4v) is 2.66. The van der Waals surface area contributed by atoms with Crippen LogP contribution in [0.3, 0.4) is 0 Å². The third kappa shape index (κ3) is 3.40. The highest BCUT2D eigenvalue weighted by Crippen LogP contribution is 2.42. The van der Waals surface area contributed by atoms with E-state index < -0.39 is 18.0 Å². The summed E-state index contributed by atoms with van der Waals surface area (Å²) in [7, 11) is 0. The number of rotatable bonds is 3. The van der Waals surface area contributed by atoms with Crippen LogP contribution >= 0.6 is 11.8 Å². The highest BCUT2D eigenvalue weighted by atomic mass is 32.2. The number of hydrogen-bond donors (Lipinski definition) is 0. The van der Waals surface area contributed by atoms with Crippen LogP contribution in [0.5, 0.6) is 0 Å². The van der Waals surface area contributed by atoms with Crippen molar-refractivity contribution < 1.29 is 18.0 Å². The lowest BCUT2D eigenvalue weighted by atomic mass is 9.77. The Labute approximate surface area is 91.8 Å². The molecule has 1 nitrogen and oxygen atoms in total. The minimum Gasteiger partial charge on any atom is -0.298 e. The second-order valence-corrected chi connectivity index (χ2v) is 4.80. The highest BCUT2D eigenvalue weighted by molar-refractivity contribution is 7.99. The maximum absolute atomic E-state index is 12.6. The van der Waals surface area contributed by atoms with Crippen LogP contribution in [-0.2, 0) is 4.79 Å². The smallest absolute Gasteiger partial charge is 0.298 e. The Bertz CT molecular complexity index is 227. The molecule has 2 atom stereocenters. The summed E-state index contributed by atoms with van der Waals surface area (Å²) in [4.78, 5) is 11.5. The first-order chi connectivity index (χ1) is 6.96. The minimum absolute atomic E-state index is 0.119. The first-order valence-electron chi connectivity index (χ1n) is 5.05. The average molecular weight is 240 g/mol. The molecule has 5 heteroatoms. The van der Waals surface area contributed by atoms with Gasteiger partial charge < -0.3 is 0 Å². The molecule has 1 saturated carbocycles. The molecule has 1 fully saturated rings. The Morgan fingerprint density at radius 2 is 1.93 bits per heavy atom. The van der Waals surface area contributed by atoms with Gasteiger partial charge in [0.2, 0.25) is 0 Å². The Morgan fingerprint density at radius 3 is 2.47 bits per heavy atom. The third-order valence-electron chi connectivity index (χ3n) is 2.89. The van der Waals surface area contributed by atoms with Crippen LogP contribution in [0.4, 0.5) is 13.2 Å². The fraction of sp³-hybridized carbons (Fsp3) is 0.900. The number of Topliss-reactive ketones (excluding diaryl/α,β-unsaturated/α-hetero) is 1. The standard InChI is InChI=1S/C10H15F3OS/c1-15-6-9(14)7-4-2-3-5-8(7)10(11,12)13/h7-8H,2-6H2,1H3. The van der Waals surface area contributed by atoms with Gasteiger partial charge in [-0.3, -0.25) is 4.79 Å². The molecule has 0 radical (unpaired) electrons. The Hall–Kier alpha value is -0.190. The lowest BCUT2D eigenvalue weighted by Gasteiger charge is -2.31. The molecular weight excluding hydrogens is 225 g/mol. The minimum atomic E-state index is -4.21. The van der Waals surface area contributed by atoms with Crippen molar-refractivity contribution in [3.05, 3.63) is 0 Å². The van der Waals surface area contributed by atoms with E-state index in [9.17, 15) is 18.0 Å². The molecule has 0 aromatic carbocycles. The monoisotopic (exact) mass is 240 g/mol. The summed E-state index contributed by atoms with van der Waals surface area (Å²) in [6.45, 7) is 0. The normalized spacial score (nSPS) is 27.7. The van der Waals surface area contributed by atoms with E-state index in [-0.39, 0.29) is 18.0 Å². The van der Waals surface area contributed by atoms with Gasteiger partial charge in [0.15, 0.2) is 0 Å². The molecule has 15 heavy (non-hydrogen) atoms. The Kier molecular flexibility index (Phi) is 4.49. The molecule has 0 N–H and O–H groups in total.